The van der Waals surface area contributed by atoms with E-state index in [1.807, 2.05) is 43.0 Å². The van der Waals surface area contributed by atoms with E-state index in [0.717, 1.165) is 29.4 Å². The summed E-state index contributed by atoms with van der Waals surface area (Å²) in [6, 6.07) is 11.3. The molecule has 2 aromatic carbocycles. The second-order valence-corrected chi connectivity index (χ2v) is 6.50. The molecule has 0 aliphatic carbocycles. The molecule has 0 aliphatic rings. The Kier molecular flexibility index (Phi) is 7.56. The van der Waals surface area contributed by atoms with Crippen molar-refractivity contribution in [3.05, 3.63) is 63.9 Å². The van der Waals surface area contributed by atoms with E-state index in [1.165, 1.54) is 18.2 Å². The van der Waals surface area contributed by atoms with Crippen LogP contribution in [0.15, 0.2) is 42.0 Å². The first kappa shape index (κ1) is 21.4. The lowest BCUT2D eigenvalue weighted by Gasteiger charge is -2.22. The maximum Gasteiger partial charge on any atom is 0.266 e. The number of amides is 1. The zero-order valence-corrected chi connectivity index (χ0v) is 16.4. The zero-order chi connectivity index (χ0) is 20.7. The molecular formula is C21H21ClFN3O2. The van der Waals surface area contributed by atoms with Gasteiger partial charge in [0.05, 0.1) is 11.6 Å². The molecule has 0 radical (unpaired) electrons. The van der Waals surface area contributed by atoms with Gasteiger partial charge in [0, 0.05) is 24.5 Å². The lowest BCUT2D eigenvalue weighted by Crippen LogP contribution is -2.26. The third-order valence-corrected chi connectivity index (χ3v) is 4.50. The van der Waals surface area contributed by atoms with Gasteiger partial charge in [-0.25, -0.2) is 4.39 Å². The molecule has 0 saturated carbocycles. The summed E-state index contributed by atoms with van der Waals surface area (Å²) in [7, 11) is 0. The van der Waals surface area contributed by atoms with Gasteiger partial charge >= 0.3 is 0 Å². The van der Waals surface area contributed by atoms with E-state index >= 15 is 0 Å². The number of aryl methyl sites for hydroxylation is 1. The number of benzene rings is 2. The monoisotopic (exact) mass is 401 g/mol. The molecule has 1 amide bonds. The summed E-state index contributed by atoms with van der Waals surface area (Å²) in [5, 5.41) is 21.0. The molecule has 146 valence electrons. The van der Waals surface area contributed by atoms with Crippen LogP contribution < -0.4 is 10.2 Å². The molecule has 5 nitrogen and oxygen atoms in total. The average molecular weight is 402 g/mol. The van der Waals surface area contributed by atoms with Crippen LogP contribution in [0.5, 0.6) is 0 Å². The number of rotatable bonds is 7. The Bertz CT molecular complexity index is 938. The van der Waals surface area contributed by atoms with Crippen LogP contribution in [0.3, 0.4) is 0 Å². The molecule has 0 unspecified atom stereocenters. The van der Waals surface area contributed by atoms with E-state index in [0.29, 0.717) is 12.2 Å². The highest BCUT2D eigenvalue weighted by atomic mass is 35.5. The van der Waals surface area contributed by atoms with Crippen molar-refractivity contribution in [1.29, 1.82) is 5.26 Å². The highest BCUT2D eigenvalue weighted by Gasteiger charge is 2.12. The Hall–Kier alpha value is -2.88. The molecule has 2 rings (SSSR count). The van der Waals surface area contributed by atoms with E-state index in [4.69, 9.17) is 16.7 Å². The van der Waals surface area contributed by atoms with Crippen LogP contribution in [-0.2, 0) is 4.79 Å². The van der Waals surface area contributed by atoms with Crippen molar-refractivity contribution in [2.75, 3.05) is 29.9 Å². The minimum atomic E-state index is -0.607. The summed E-state index contributed by atoms with van der Waals surface area (Å²) in [5.74, 6) is -1.20. The van der Waals surface area contributed by atoms with Gasteiger partial charge in [-0.1, -0.05) is 17.7 Å². The lowest BCUT2D eigenvalue weighted by atomic mass is 10.0. The number of anilines is 2. The van der Waals surface area contributed by atoms with Crippen LogP contribution >= 0.6 is 11.6 Å². The molecule has 0 heterocycles. The molecule has 7 heteroatoms. The van der Waals surface area contributed by atoms with Gasteiger partial charge in [-0.05, 0) is 61.4 Å². The zero-order valence-electron chi connectivity index (χ0n) is 15.7. The predicted molar refractivity (Wildman–Crippen MR) is 110 cm³/mol. The lowest BCUT2D eigenvalue weighted by molar-refractivity contribution is -0.112. The minimum Gasteiger partial charge on any atom is -0.395 e. The molecule has 0 fully saturated rings. The van der Waals surface area contributed by atoms with E-state index in [9.17, 15) is 14.4 Å². The molecule has 0 bridgehead atoms. The van der Waals surface area contributed by atoms with Gasteiger partial charge in [-0.3, -0.25) is 4.79 Å². The quantitative estimate of drug-likeness (QED) is 0.539. The summed E-state index contributed by atoms with van der Waals surface area (Å²) in [6.07, 6.45) is 1.50. The number of carbonyl (C=O) groups excluding carboxylic acids is 1. The average Bonchev–Trinajstić information content (AvgIpc) is 2.68. The summed E-state index contributed by atoms with van der Waals surface area (Å²) < 4.78 is 13.2. The van der Waals surface area contributed by atoms with E-state index in [2.05, 4.69) is 5.32 Å². The van der Waals surface area contributed by atoms with Crippen molar-refractivity contribution >= 4 is 35.0 Å². The van der Waals surface area contributed by atoms with Crippen LogP contribution in [0.25, 0.3) is 6.08 Å². The molecule has 0 aliphatic heterocycles. The first-order chi connectivity index (χ1) is 13.4. The number of aliphatic hydroxyl groups excluding tert-OH is 1. The van der Waals surface area contributed by atoms with Gasteiger partial charge in [0.2, 0.25) is 0 Å². The molecule has 0 aromatic heterocycles. The number of nitrogens with zero attached hydrogens (tertiary/aromatic N) is 2. The fraction of sp³-hybridized carbons (Fsp3) is 0.238. The van der Waals surface area contributed by atoms with E-state index in [-0.39, 0.29) is 17.2 Å². The Balaban J connectivity index is 2.24. The van der Waals surface area contributed by atoms with Crippen LogP contribution in [0.1, 0.15) is 18.1 Å². The van der Waals surface area contributed by atoms with E-state index in [1.54, 1.807) is 0 Å². The number of hydrogen-bond donors (Lipinski definition) is 2. The number of nitrogens with one attached hydrogen (secondary N) is 1. The molecule has 28 heavy (non-hydrogen) atoms. The van der Waals surface area contributed by atoms with Crippen LogP contribution in [-0.4, -0.2) is 30.7 Å². The number of halogens is 2. The maximum absolute atomic E-state index is 13.2. The van der Waals surface area contributed by atoms with Crippen molar-refractivity contribution in [1.82, 2.24) is 0 Å². The van der Waals surface area contributed by atoms with Gasteiger partial charge in [0.15, 0.2) is 0 Å². The van der Waals surface area contributed by atoms with Crippen molar-refractivity contribution in [3.63, 3.8) is 0 Å². The minimum absolute atomic E-state index is 0.0562. The van der Waals surface area contributed by atoms with Crippen molar-refractivity contribution in [3.8, 4) is 6.07 Å². The number of carbonyl (C=O) groups is 1. The third kappa shape index (κ3) is 5.32. The Morgan fingerprint density at radius 2 is 2.11 bits per heavy atom. The van der Waals surface area contributed by atoms with Crippen molar-refractivity contribution in [2.45, 2.75) is 13.8 Å². The van der Waals surface area contributed by atoms with Crippen LogP contribution in [0, 0.1) is 24.1 Å². The summed E-state index contributed by atoms with van der Waals surface area (Å²) in [5.41, 5.74) is 2.79. The second kappa shape index (κ2) is 9.88. The number of aliphatic hydroxyl groups is 1. The van der Waals surface area contributed by atoms with Gasteiger partial charge in [-0.15, -0.1) is 0 Å². The third-order valence-electron chi connectivity index (χ3n) is 4.21. The SMILES string of the molecule is CCN(CCO)c1ccc(/C=C(\C#N)C(=O)Nc2ccc(F)c(Cl)c2)c(C)c1. The predicted octanol–water partition coefficient (Wildman–Crippen LogP) is 4.15. The Morgan fingerprint density at radius 1 is 1.36 bits per heavy atom. The molecule has 2 N–H and O–H groups in total. The van der Waals surface area contributed by atoms with Crippen molar-refractivity contribution in [2.24, 2.45) is 0 Å². The standard InChI is InChI=1S/C21H21ClFN3O2/c1-3-26(8-9-27)18-6-4-15(14(2)10-18)11-16(13-24)21(28)25-17-5-7-20(23)19(22)12-17/h4-7,10-12,27H,3,8-9H2,1-2H3,(H,25,28)/b16-11+. The summed E-state index contributed by atoms with van der Waals surface area (Å²) in [4.78, 5) is 14.4. The fourth-order valence-corrected chi connectivity index (χ4v) is 2.87. The number of hydrogen-bond acceptors (Lipinski definition) is 4. The first-order valence-corrected chi connectivity index (χ1v) is 9.12. The second-order valence-electron chi connectivity index (χ2n) is 6.10. The maximum atomic E-state index is 13.2. The molecular weight excluding hydrogens is 381 g/mol. The Labute approximate surface area is 168 Å². The summed E-state index contributed by atoms with van der Waals surface area (Å²) >= 11 is 5.71. The normalized spacial score (nSPS) is 11.1. The molecule has 0 saturated heterocycles. The smallest absolute Gasteiger partial charge is 0.266 e. The highest BCUT2D eigenvalue weighted by molar-refractivity contribution is 6.31. The van der Waals surface area contributed by atoms with Crippen LogP contribution in [0.4, 0.5) is 15.8 Å². The molecule has 2 aromatic rings. The Morgan fingerprint density at radius 3 is 2.68 bits per heavy atom. The number of nitriles is 1. The fourth-order valence-electron chi connectivity index (χ4n) is 2.69. The topological polar surface area (TPSA) is 76.4 Å². The van der Waals surface area contributed by atoms with E-state index < -0.39 is 11.7 Å². The molecule has 0 atom stereocenters. The largest absolute Gasteiger partial charge is 0.395 e. The van der Waals surface area contributed by atoms with Gasteiger partial charge in [0.25, 0.3) is 5.91 Å². The van der Waals surface area contributed by atoms with Gasteiger partial charge < -0.3 is 15.3 Å². The van der Waals surface area contributed by atoms with Crippen molar-refractivity contribution < 1.29 is 14.3 Å². The number of likely N-dealkylation sites (N-methyl/N-ethyl adjacent to an activating group) is 1. The molecule has 0 spiro atoms. The first-order valence-electron chi connectivity index (χ1n) is 8.74. The van der Waals surface area contributed by atoms with Gasteiger partial charge in [-0.2, -0.15) is 5.26 Å². The van der Waals surface area contributed by atoms with Gasteiger partial charge in [0.1, 0.15) is 17.5 Å². The summed E-state index contributed by atoms with van der Waals surface area (Å²) in [6.45, 7) is 5.21. The highest BCUT2D eigenvalue weighted by Crippen LogP contribution is 2.22. The van der Waals surface area contributed by atoms with Crippen LogP contribution in [0.2, 0.25) is 5.02 Å².